The summed E-state index contributed by atoms with van der Waals surface area (Å²) >= 11 is 16.0. The first-order valence-corrected chi connectivity index (χ1v) is 9.71. The number of hydrogen-bond donors (Lipinski definition) is 0. The van der Waals surface area contributed by atoms with E-state index in [1.165, 1.54) is 12.1 Å². The molecule has 0 bridgehead atoms. The van der Waals surface area contributed by atoms with Crippen LogP contribution in [0.4, 0.5) is 14.5 Å². The number of halogens is 5. The van der Waals surface area contributed by atoms with Gasteiger partial charge in [0.1, 0.15) is 11.6 Å². The van der Waals surface area contributed by atoms with Crippen molar-refractivity contribution in [1.82, 2.24) is 0 Å². The molecule has 1 saturated heterocycles. The zero-order chi connectivity index (χ0) is 19.0. The number of amides is 1. The van der Waals surface area contributed by atoms with Gasteiger partial charge in [-0.3, -0.25) is 4.79 Å². The molecule has 0 aromatic heterocycles. The molecular weight excluding hydrogens is 447 g/mol. The van der Waals surface area contributed by atoms with Crippen LogP contribution in [0.1, 0.15) is 18.9 Å². The van der Waals surface area contributed by atoms with Gasteiger partial charge < -0.3 is 4.90 Å². The normalized spacial score (nSPS) is 20.5. The Labute approximate surface area is 169 Å². The van der Waals surface area contributed by atoms with Crippen molar-refractivity contribution in [2.45, 2.75) is 19.8 Å². The number of anilines is 1. The molecule has 1 heterocycles. The highest BCUT2D eigenvalue weighted by atomic mass is 79.9. The molecule has 3 rings (SSSR count). The van der Waals surface area contributed by atoms with Crippen LogP contribution in [0.5, 0.6) is 0 Å². The van der Waals surface area contributed by atoms with Gasteiger partial charge in [-0.05, 0) is 42.5 Å². The Kier molecular flexibility index (Phi) is 5.90. The maximum atomic E-state index is 14.0. The lowest BCUT2D eigenvalue weighted by Crippen LogP contribution is -2.45. The van der Waals surface area contributed by atoms with Crippen molar-refractivity contribution in [2.75, 3.05) is 11.4 Å². The van der Waals surface area contributed by atoms with E-state index < -0.39 is 11.6 Å². The summed E-state index contributed by atoms with van der Waals surface area (Å²) in [7, 11) is 0. The van der Waals surface area contributed by atoms with Gasteiger partial charge in [-0.15, -0.1) is 0 Å². The Hall–Kier alpha value is -1.17. The molecule has 2 aromatic carbocycles. The van der Waals surface area contributed by atoms with Crippen molar-refractivity contribution >= 4 is 50.7 Å². The molecule has 1 fully saturated rings. The summed E-state index contributed by atoms with van der Waals surface area (Å²) in [6.07, 6.45) is 1.03. The van der Waals surface area contributed by atoms with E-state index in [9.17, 15) is 13.6 Å². The summed E-state index contributed by atoms with van der Waals surface area (Å²) in [5.74, 6) is -1.47. The standard InChI is InChI=1S/C19H16BrCl2F2NO/c1-10-4-11(5-12-2-3-14(23)8-17(12)24)9-25(19(10)26)18-15(21)6-13(20)7-16(18)22/h2-3,6-8,10-11H,4-5,9H2,1H3/t10-,11-/m1/s1. The molecule has 1 aliphatic heterocycles. The van der Waals surface area contributed by atoms with Crippen molar-refractivity contribution < 1.29 is 13.6 Å². The highest BCUT2D eigenvalue weighted by Gasteiger charge is 2.34. The number of rotatable bonds is 3. The summed E-state index contributed by atoms with van der Waals surface area (Å²) in [4.78, 5) is 14.3. The maximum absolute atomic E-state index is 14.0. The van der Waals surface area contributed by atoms with Crippen LogP contribution in [-0.4, -0.2) is 12.5 Å². The van der Waals surface area contributed by atoms with Crippen LogP contribution < -0.4 is 4.90 Å². The molecule has 26 heavy (non-hydrogen) atoms. The Morgan fingerprint density at radius 3 is 2.46 bits per heavy atom. The van der Waals surface area contributed by atoms with Gasteiger partial charge in [-0.25, -0.2) is 8.78 Å². The molecule has 2 nitrogen and oxygen atoms in total. The number of carbonyl (C=O) groups excluding carboxylic acids is 1. The number of hydrogen-bond acceptors (Lipinski definition) is 1. The van der Waals surface area contributed by atoms with Crippen LogP contribution >= 0.6 is 39.1 Å². The van der Waals surface area contributed by atoms with E-state index in [1.807, 2.05) is 6.92 Å². The molecule has 0 radical (unpaired) electrons. The van der Waals surface area contributed by atoms with E-state index in [0.29, 0.717) is 40.7 Å². The van der Waals surface area contributed by atoms with E-state index >= 15 is 0 Å². The highest BCUT2D eigenvalue weighted by Crippen LogP contribution is 2.40. The predicted octanol–water partition coefficient (Wildman–Crippen LogP) is 6.27. The lowest BCUT2D eigenvalue weighted by Gasteiger charge is -2.37. The third-order valence-corrected chi connectivity index (χ3v) is 5.62. The Morgan fingerprint density at radius 1 is 1.19 bits per heavy atom. The largest absolute Gasteiger partial charge is 0.309 e. The second kappa shape index (κ2) is 7.83. The van der Waals surface area contributed by atoms with E-state index in [-0.39, 0.29) is 17.7 Å². The quantitative estimate of drug-likeness (QED) is 0.526. The average molecular weight is 463 g/mol. The average Bonchev–Trinajstić information content (AvgIpc) is 2.53. The minimum absolute atomic E-state index is 0.0124. The summed E-state index contributed by atoms with van der Waals surface area (Å²) in [5.41, 5.74) is 0.906. The van der Waals surface area contributed by atoms with Gasteiger partial charge in [0, 0.05) is 23.0 Å². The van der Waals surface area contributed by atoms with E-state index in [1.54, 1.807) is 17.0 Å². The van der Waals surface area contributed by atoms with Crippen LogP contribution in [-0.2, 0) is 11.2 Å². The van der Waals surface area contributed by atoms with E-state index in [4.69, 9.17) is 23.2 Å². The van der Waals surface area contributed by atoms with Gasteiger partial charge in [0.15, 0.2) is 0 Å². The fourth-order valence-electron chi connectivity index (χ4n) is 3.43. The van der Waals surface area contributed by atoms with Gasteiger partial charge in [-0.1, -0.05) is 52.1 Å². The zero-order valence-corrected chi connectivity index (χ0v) is 17.0. The topological polar surface area (TPSA) is 20.3 Å². The minimum atomic E-state index is -0.603. The summed E-state index contributed by atoms with van der Waals surface area (Å²) in [5, 5.41) is 0.747. The lowest BCUT2D eigenvalue weighted by atomic mass is 9.85. The van der Waals surface area contributed by atoms with Crippen molar-refractivity contribution in [3.8, 4) is 0 Å². The molecule has 1 amide bonds. The van der Waals surface area contributed by atoms with Gasteiger partial charge >= 0.3 is 0 Å². The monoisotopic (exact) mass is 461 g/mol. The SMILES string of the molecule is C[C@@H]1C[C@H](Cc2ccc(F)cc2F)CN(c2c(Cl)cc(Br)cc2Cl)C1=O. The van der Waals surface area contributed by atoms with Gasteiger partial charge in [-0.2, -0.15) is 0 Å². The van der Waals surface area contributed by atoms with Crippen molar-refractivity contribution in [3.63, 3.8) is 0 Å². The first kappa shape index (κ1) is 19.6. The fourth-order valence-corrected chi connectivity index (χ4v) is 4.84. The summed E-state index contributed by atoms with van der Waals surface area (Å²) in [6.45, 7) is 2.21. The predicted molar refractivity (Wildman–Crippen MR) is 104 cm³/mol. The Balaban J connectivity index is 1.89. The number of piperidine rings is 1. The van der Waals surface area contributed by atoms with Gasteiger partial charge in [0.25, 0.3) is 0 Å². The molecule has 0 saturated carbocycles. The van der Waals surface area contributed by atoms with Crippen LogP contribution in [0.2, 0.25) is 10.0 Å². The molecule has 138 valence electrons. The second-order valence-electron chi connectivity index (χ2n) is 6.61. The van der Waals surface area contributed by atoms with Crippen molar-refractivity contribution in [1.29, 1.82) is 0 Å². The number of carbonyl (C=O) groups is 1. The Bertz CT molecular complexity index is 838. The number of nitrogens with zero attached hydrogens (tertiary/aromatic N) is 1. The van der Waals surface area contributed by atoms with Crippen LogP contribution in [0.3, 0.4) is 0 Å². The molecule has 2 atom stereocenters. The molecule has 0 N–H and O–H groups in total. The van der Waals surface area contributed by atoms with Gasteiger partial charge in [0.2, 0.25) is 5.91 Å². The molecule has 2 aromatic rings. The summed E-state index contributed by atoms with van der Waals surface area (Å²) in [6, 6.07) is 6.95. The fraction of sp³-hybridized carbons (Fsp3) is 0.316. The zero-order valence-electron chi connectivity index (χ0n) is 13.9. The van der Waals surface area contributed by atoms with Crippen molar-refractivity contribution in [3.05, 3.63) is 62.0 Å². The third-order valence-electron chi connectivity index (χ3n) is 4.59. The van der Waals surface area contributed by atoms with E-state index in [0.717, 1.165) is 10.5 Å². The molecule has 0 unspecified atom stereocenters. The second-order valence-corrected chi connectivity index (χ2v) is 8.34. The third kappa shape index (κ3) is 4.05. The Morgan fingerprint density at radius 2 is 1.85 bits per heavy atom. The molecule has 7 heteroatoms. The van der Waals surface area contributed by atoms with Gasteiger partial charge in [0.05, 0.1) is 15.7 Å². The first-order chi connectivity index (χ1) is 12.3. The minimum Gasteiger partial charge on any atom is -0.309 e. The molecule has 1 aliphatic rings. The molecular formula is C19H16BrCl2F2NO. The van der Waals surface area contributed by atoms with Crippen LogP contribution in [0, 0.1) is 23.5 Å². The molecule has 0 aliphatic carbocycles. The summed E-state index contributed by atoms with van der Waals surface area (Å²) < 4.78 is 27.8. The van der Waals surface area contributed by atoms with Crippen LogP contribution in [0.25, 0.3) is 0 Å². The molecule has 0 spiro atoms. The highest BCUT2D eigenvalue weighted by molar-refractivity contribution is 9.10. The lowest BCUT2D eigenvalue weighted by molar-refractivity contribution is -0.124. The van der Waals surface area contributed by atoms with Crippen molar-refractivity contribution in [2.24, 2.45) is 11.8 Å². The number of benzene rings is 2. The van der Waals surface area contributed by atoms with E-state index in [2.05, 4.69) is 15.9 Å². The maximum Gasteiger partial charge on any atom is 0.229 e. The smallest absolute Gasteiger partial charge is 0.229 e. The van der Waals surface area contributed by atoms with Crippen LogP contribution in [0.15, 0.2) is 34.8 Å². The first-order valence-electron chi connectivity index (χ1n) is 8.16.